The first-order valence-corrected chi connectivity index (χ1v) is 6.81. The fraction of sp³-hybridized carbons (Fsp3) is 0.429. The van der Waals surface area contributed by atoms with Gasteiger partial charge >= 0.3 is 0 Å². The molecular formula is C14H16FN2OP. The first-order chi connectivity index (χ1) is 9.08. The van der Waals surface area contributed by atoms with E-state index in [2.05, 4.69) is 15.3 Å². The topological polar surface area (TPSA) is 44.1 Å². The minimum absolute atomic E-state index is 0.265. The van der Waals surface area contributed by atoms with Crippen LogP contribution in [0.5, 0.6) is 0 Å². The summed E-state index contributed by atoms with van der Waals surface area (Å²) < 4.78 is 13.8. The summed E-state index contributed by atoms with van der Waals surface area (Å²) in [6.07, 6.45) is 2.42. The number of nitrogens with zero attached hydrogens (tertiary/aromatic N) is 2. The fourth-order valence-electron chi connectivity index (χ4n) is 2.48. The van der Waals surface area contributed by atoms with Crippen molar-refractivity contribution in [2.45, 2.75) is 19.3 Å². The van der Waals surface area contributed by atoms with E-state index in [1.165, 1.54) is 6.07 Å². The van der Waals surface area contributed by atoms with E-state index in [0.29, 0.717) is 37.9 Å². The van der Waals surface area contributed by atoms with Crippen molar-refractivity contribution in [3.63, 3.8) is 0 Å². The molecular weight excluding hydrogens is 262 g/mol. The summed E-state index contributed by atoms with van der Waals surface area (Å²) in [5.74, 6) is -0.265. The molecule has 1 aromatic carbocycles. The lowest BCUT2D eigenvalue weighted by Gasteiger charge is -2.35. The highest BCUT2D eigenvalue weighted by Crippen LogP contribution is 2.34. The molecule has 0 saturated carbocycles. The number of benzene rings is 1. The Kier molecular flexibility index (Phi) is 4.17. The Balaban J connectivity index is 2.18. The zero-order chi connectivity index (χ0) is 13.9. The van der Waals surface area contributed by atoms with Crippen molar-refractivity contribution in [3.8, 4) is 6.07 Å². The summed E-state index contributed by atoms with van der Waals surface area (Å²) >= 11 is 0. The Morgan fingerprint density at radius 2 is 2.16 bits per heavy atom. The van der Waals surface area contributed by atoms with E-state index in [-0.39, 0.29) is 5.82 Å². The summed E-state index contributed by atoms with van der Waals surface area (Å²) in [7, 11) is 2.54. The highest BCUT2D eigenvalue weighted by molar-refractivity contribution is 7.27. The molecule has 0 radical (unpaired) electrons. The lowest BCUT2D eigenvalue weighted by molar-refractivity contribution is -0.119. The number of hydrogen-bond donors (Lipinski definition) is 0. The molecule has 0 N–H and O–H groups in total. The quantitative estimate of drug-likeness (QED) is 0.623. The Morgan fingerprint density at radius 1 is 1.47 bits per heavy atom. The van der Waals surface area contributed by atoms with Gasteiger partial charge < -0.3 is 4.90 Å². The molecule has 0 aromatic heterocycles. The minimum atomic E-state index is -0.557. The fourth-order valence-corrected chi connectivity index (χ4v) is 2.78. The number of likely N-dealkylation sites (tertiary alicyclic amines) is 1. The van der Waals surface area contributed by atoms with Crippen molar-refractivity contribution in [2.75, 3.05) is 13.1 Å². The maximum absolute atomic E-state index is 13.8. The largest absolute Gasteiger partial charge is 0.345 e. The lowest BCUT2D eigenvalue weighted by Crippen LogP contribution is -2.40. The molecule has 1 atom stereocenters. The molecule has 1 amide bonds. The number of carbonyl (C=O) groups is 1. The van der Waals surface area contributed by atoms with Crippen LogP contribution in [0.15, 0.2) is 18.2 Å². The first-order valence-electron chi connectivity index (χ1n) is 6.23. The van der Waals surface area contributed by atoms with Crippen molar-refractivity contribution in [1.82, 2.24) is 4.90 Å². The van der Waals surface area contributed by atoms with Crippen molar-refractivity contribution >= 4 is 21.0 Å². The molecule has 1 fully saturated rings. The highest BCUT2D eigenvalue weighted by atomic mass is 31.0. The van der Waals surface area contributed by atoms with Gasteiger partial charge in [0.05, 0.1) is 11.5 Å². The van der Waals surface area contributed by atoms with E-state index in [9.17, 15) is 14.4 Å². The van der Waals surface area contributed by atoms with Gasteiger partial charge in [0.2, 0.25) is 6.41 Å². The summed E-state index contributed by atoms with van der Waals surface area (Å²) in [6, 6.07) is 7.24. The third-order valence-electron chi connectivity index (χ3n) is 3.74. The van der Waals surface area contributed by atoms with Crippen LogP contribution < -0.4 is 5.30 Å². The Labute approximate surface area is 114 Å². The molecule has 1 aliphatic rings. The predicted molar refractivity (Wildman–Crippen MR) is 74.4 cm³/mol. The van der Waals surface area contributed by atoms with Crippen LogP contribution in [-0.2, 0) is 11.2 Å². The zero-order valence-electron chi connectivity index (χ0n) is 10.6. The summed E-state index contributed by atoms with van der Waals surface area (Å²) in [4.78, 5) is 12.4. The van der Waals surface area contributed by atoms with Gasteiger partial charge in [-0.2, -0.15) is 5.26 Å². The van der Waals surface area contributed by atoms with Crippen molar-refractivity contribution in [2.24, 2.45) is 5.41 Å². The van der Waals surface area contributed by atoms with Crippen molar-refractivity contribution in [3.05, 3.63) is 29.6 Å². The Morgan fingerprint density at radius 3 is 2.74 bits per heavy atom. The average Bonchev–Trinajstić information content (AvgIpc) is 2.44. The minimum Gasteiger partial charge on any atom is -0.345 e. The smallest absolute Gasteiger partial charge is 0.209 e. The second kappa shape index (κ2) is 5.67. The number of rotatable bonds is 3. The first kappa shape index (κ1) is 14.0. The lowest BCUT2D eigenvalue weighted by atomic mass is 9.75. The molecule has 100 valence electrons. The van der Waals surface area contributed by atoms with Gasteiger partial charge in [-0.1, -0.05) is 6.07 Å². The van der Waals surface area contributed by atoms with Crippen LogP contribution in [-0.4, -0.2) is 24.4 Å². The SMILES string of the molecule is N#CC1(Cc2cc(P)ccc2F)CCN(C=O)CC1. The highest BCUT2D eigenvalue weighted by Gasteiger charge is 2.35. The molecule has 3 nitrogen and oxygen atoms in total. The second-order valence-corrected chi connectivity index (χ2v) is 5.73. The van der Waals surface area contributed by atoms with Gasteiger partial charge in [0, 0.05) is 13.1 Å². The molecule has 19 heavy (non-hydrogen) atoms. The number of carbonyl (C=O) groups excluding carboxylic acids is 1. The van der Waals surface area contributed by atoms with Gasteiger partial charge in [0.25, 0.3) is 0 Å². The third-order valence-corrected chi connectivity index (χ3v) is 4.10. The molecule has 0 spiro atoms. The maximum atomic E-state index is 13.8. The van der Waals surface area contributed by atoms with Crippen LogP contribution in [0.2, 0.25) is 0 Å². The number of piperidine rings is 1. The van der Waals surface area contributed by atoms with Crippen molar-refractivity contribution in [1.29, 1.82) is 5.26 Å². The van der Waals surface area contributed by atoms with Crippen LogP contribution in [0.25, 0.3) is 0 Å². The van der Waals surface area contributed by atoms with Gasteiger partial charge in [-0.25, -0.2) is 4.39 Å². The molecule has 5 heteroatoms. The van der Waals surface area contributed by atoms with E-state index in [1.54, 1.807) is 17.0 Å². The number of hydrogen-bond acceptors (Lipinski definition) is 2. The van der Waals surface area contributed by atoms with E-state index in [1.807, 2.05) is 0 Å². The standard InChI is InChI=1S/C14H16FN2OP/c15-13-2-1-12(19)7-11(13)8-14(9-16)3-5-17(10-18)6-4-14/h1-2,7,10H,3-6,8,19H2. The zero-order valence-corrected chi connectivity index (χ0v) is 11.8. The summed E-state index contributed by atoms with van der Waals surface area (Å²) in [6.45, 7) is 1.14. The average molecular weight is 278 g/mol. The van der Waals surface area contributed by atoms with E-state index >= 15 is 0 Å². The van der Waals surface area contributed by atoms with Gasteiger partial charge in [-0.05, 0) is 42.3 Å². The molecule has 1 heterocycles. The van der Waals surface area contributed by atoms with E-state index in [4.69, 9.17) is 0 Å². The molecule has 1 aliphatic heterocycles. The molecule has 2 rings (SSSR count). The summed E-state index contributed by atoms with van der Waals surface area (Å²) in [5.41, 5.74) is 0.0207. The molecule has 0 bridgehead atoms. The second-order valence-electron chi connectivity index (χ2n) is 5.06. The maximum Gasteiger partial charge on any atom is 0.209 e. The van der Waals surface area contributed by atoms with Gasteiger partial charge in [-0.15, -0.1) is 9.24 Å². The van der Waals surface area contributed by atoms with Crippen molar-refractivity contribution < 1.29 is 9.18 Å². The Bertz CT molecular complexity index is 519. The number of halogens is 1. The van der Waals surface area contributed by atoms with Gasteiger partial charge in [0.1, 0.15) is 5.82 Å². The van der Waals surface area contributed by atoms with Crippen LogP contribution in [0, 0.1) is 22.6 Å². The van der Waals surface area contributed by atoms with E-state index < -0.39 is 5.41 Å². The normalized spacial score (nSPS) is 17.8. The molecule has 0 aliphatic carbocycles. The molecule has 1 aromatic rings. The van der Waals surface area contributed by atoms with Crippen LogP contribution >= 0.6 is 9.24 Å². The monoisotopic (exact) mass is 278 g/mol. The molecule has 1 saturated heterocycles. The number of amides is 1. The van der Waals surface area contributed by atoms with E-state index in [0.717, 1.165) is 11.7 Å². The van der Waals surface area contributed by atoms with Gasteiger partial charge in [-0.3, -0.25) is 4.79 Å². The molecule has 1 unspecified atom stereocenters. The van der Waals surface area contributed by atoms with Crippen LogP contribution in [0.1, 0.15) is 18.4 Å². The van der Waals surface area contributed by atoms with Crippen LogP contribution in [0.4, 0.5) is 4.39 Å². The predicted octanol–water partition coefficient (Wildman–Crippen LogP) is 1.63. The Hall–Kier alpha value is -1.46. The summed E-state index contributed by atoms with van der Waals surface area (Å²) in [5, 5.41) is 10.3. The van der Waals surface area contributed by atoms with Crippen LogP contribution in [0.3, 0.4) is 0 Å². The van der Waals surface area contributed by atoms with Gasteiger partial charge in [0.15, 0.2) is 0 Å². The number of nitriles is 1. The third kappa shape index (κ3) is 3.11.